The second-order valence-electron chi connectivity index (χ2n) is 2.72. The summed E-state index contributed by atoms with van der Waals surface area (Å²) in [5, 5.41) is 0. The van der Waals surface area contributed by atoms with Crippen molar-refractivity contribution in [3.05, 3.63) is 57.7 Å². The molecule has 1 aromatic carbocycles. The van der Waals surface area contributed by atoms with Crippen molar-refractivity contribution < 1.29 is 0 Å². The first kappa shape index (κ1) is 9.15. The number of para-hydroxylation sites is 1. The summed E-state index contributed by atoms with van der Waals surface area (Å²) < 4.78 is 2.36. The number of halogens is 1. The largest absolute Gasteiger partial charge is 0.352 e. The Morgan fingerprint density at radius 2 is 2.00 bits per heavy atom. The van der Waals surface area contributed by atoms with E-state index in [1.165, 1.54) is 10.8 Å². The number of nitrogens with zero attached hydrogens (tertiary/aromatic N) is 2. The van der Waals surface area contributed by atoms with E-state index in [1.807, 2.05) is 24.3 Å². The molecule has 0 fully saturated rings. The highest BCUT2D eigenvalue weighted by Crippen LogP contribution is 2.18. The first-order valence-electron chi connectivity index (χ1n) is 4.07. The highest BCUT2D eigenvalue weighted by Gasteiger charge is 2.01. The number of rotatable bonds is 1. The van der Waals surface area contributed by atoms with Crippen LogP contribution in [0.2, 0.25) is 0 Å². The van der Waals surface area contributed by atoms with E-state index >= 15 is 0 Å². The number of hydrogen-bond donors (Lipinski definition) is 0. The van der Waals surface area contributed by atoms with Crippen LogP contribution in [0.3, 0.4) is 0 Å². The minimum atomic E-state index is -0.278. The van der Waals surface area contributed by atoms with Gasteiger partial charge < -0.3 is 0 Å². The summed E-state index contributed by atoms with van der Waals surface area (Å²) in [5.74, 6) is 0. The molecule has 2 aromatic rings. The average molecular weight is 251 g/mol. The average Bonchev–Trinajstić information content (AvgIpc) is 2.20. The normalized spacial score (nSPS) is 10.1. The van der Waals surface area contributed by atoms with Crippen LogP contribution in [-0.2, 0) is 0 Å². The third kappa shape index (κ3) is 1.61. The van der Waals surface area contributed by atoms with Gasteiger partial charge in [-0.3, -0.25) is 4.57 Å². The van der Waals surface area contributed by atoms with E-state index in [9.17, 15) is 4.79 Å². The lowest BCUT2D eigenvalue weighted by atomic mass is 10.3. The van der Waals surface area contributed by atoms with Crippen LogP contribution >= 0.6 is 15.9 Å². The van der Waals surface area contributed by atoms with Crippen molar-refractivity contribution in [2.45, 2.75) is 0 Å². The third-order valence-corrected chi connectivity index (χ3v) is 2.49. The van der Waals surface area contributed by atoms with Crippen molar-refractivity contribution in [2.24, 2.45) is 0 Å². The van der Waals surface area contributed by atoms with Crippen LogP contribution in [-0.4, -0.2) is 9.55 Å². The SMILES string of the molecule is O=c1ncccn1-c1ccccc1Br. The zero-order valence-corrected chi connectivity index (χ0v) is 8.81. The van der Waals surface area contributed by atoms with Gasteiger partial charge in [0.05, 0.1) is 5.69 Å². The predicted octanol–water partition coefficient (Wildman–Crippen LogP) is 2.00. The van der Waals surface area contributed by atoms with Crippen molar-refractivity contribution >= 4 is 15.9 Å². The maximum Gasteiger partial charge on any atom is 0.352 e. The molecule has 4 heteroatoms. The lowest BCUT2D eigenvalue weighted by molar-refractivity contribution is 0.910. The summed E-state index contributed by atoms with van der Waals surface area (Å²) in [7, 11) is 0. The van der Waals surface area contributed by atoms with Crippen molar-refractivity contribution in [2.75, 3.05) is 0 Å². The quantitative estimate of drug-likeness (QED) is 0.776. The highest BCUT2D eigenvalue weighted by atomic mass is 79.9. The van der Waals surface area contributed by atoms with Crippen LogP contribution < -0.4 is 5.69 Å². The van der Waals surface area contributed by atoms with Crippen molar-refractivity contribution in [3.63, 3.8) is 0 Å². The number of aromatic nitrogens is 2. The van der Waals surface area contributed by atoms with Crippen LogP contribution in [0.1, 0.15) is 0 Å². The second kappa shape index (κ2) is 3.75. The molecular formula is C10H7BrN2O. The molecule has 0 bridgehead atoms. The van der Waals surface area contributed by atoms with Crippen LogP contribution in [0.15, 0.2) is 52.0 Å². The van der Waals surface area contributed by atoms with Crippen LogP contribution in [0.25, 0.3) is 5.69 Å². The fraction of sp³-hybridized carbons (Fsp3) is 0. The molecule has 0 atom stereocenters. The molecule has 14 heavy (non-hydrogen) atoms. The minimum Gasteiger partial charge on any atom is -0.267 e. The van der Waals surface area contributed by atoms with Crippen LogP contribution in [0.5, 0.6) is 0 Å². The van der Waals surface area contributed by atoms with Crippen molar-refractivity contribution in [1.29, 1.82) is 0 Å². The van der Waals surface area contributed by atoms with Gasteiger partial charge in [-0.15, -0.1) is 0 Å². The number of benzene rings is 1. The Morgan fingerprint density at radius 1 is 1.21 bits per heavy atom. The summed E-state index contributed by atoms with van der Waals surface area (Å²) >= 11 is 3.38. The van der Waals surface area contributed by atoms with E-state index < -0.39 is 0 Å². The van der Waals surface area contributed by atoms with E-state index in [1.54, 1.807) is 12.3 Å². The molecule has 0 radical (unpaired) electrons. The van der Waals surface area contributed by atoms with Crippen LogP contribution in [0, 0.1) is 0 Å². The predicted molar refractivity (Wildman–Crippen MR) is 57.5 cm³/mol. The molecule has 0 aliphatic rings. The van der Waals surface area contributed by atoms with Gasteiger partial charge in [0.15, 0.2) is 0 Å². The molecule has 0 N–H and O–H groups in total. The first-order valence-corrected chi connectivity index (χ1v) is 4.87. The standard InChI is InChI=1S/C10H7BrN2O/c11-8-4-1-2-5-9(8)13-7-3-6-12-10(13)14/h1-7H. The molecule has 70 valence electrons. The second-order valence-corrected chi connectivity index (χ2v) is 3.58. The van der Waals surface area contributed by atoms with Gasteiger partial charge in [0.2, 0.25) is 0 Å². The van der Waals surface area contributed by atoms with E-state index in [-0.39, 0.29) is 5.69 Å². The van der Waals surface area contributed by atoms with E-state index in [0.29, 0.717) is 0 Å². The Labute approximate surface area is 89.2 Å². The molecule has 0 spiro atoms. The molecule has 0 aliphatic carbocycles. The molecule has 1 heterocycles. The molecule has 0 unspecified atom stereocenters. The Hall–Kier alpha value is -1.42. The molecule has 0 saturated carbocycles. The van der Waals surface area contributed by atoms with E-state index in [4.69, 9.17) is 0 Å². The molecule has 1 aromatic heterocycles. The van der Waals surface area contributed by atoms with Gasteiger partial charge in [-0.1, -0.05) is 12.1 Å². The van der Waals surface area contributed by atoms with Crippen LogP contribution in [0.4, 0.5) is 0 Å². The third-order valence-electron chi connectivity index (χ3n) is 1.82. The van der Waals surface area contributed by atoms with E-state index in [2.05, 4.69) is 20.9 Å². The Morgan fingerprint density at radius 3 is 2.71 bits per heavy atom. The number of hydrogen-bond acceptors (Lipinski definition) is 2. The van der Waals surface area contributed by atoms with Crippen molar-refractivity contribution in [3.8, 4) is 5.69 Å². The zero-order valence-electron chi connectivity index (χ0n) is 7.22. The van der Waals surface area contributed by atoms with Gasteiger partial charge in [0, 0.05) is 16.9 Å². The van der Waals surface area contributed by atoms with Gasteiger partial charge in [-0.25, -0.2) is 9.78 Å². The van der Waals surface area contributed by atoms with Crippen molar-refractivity contribution in [1.82, 2.24) is 9.55 Å². The summed E-state index contributed by atoms with van der Waals surface area (Å²) in [4.78, 5) is 15.1. The first-order chi connectivity index (χ1) is 6.79. The summed E-state index contributed by atoms with van der Waals surface area (Å²) in [6.07, 6.45) is 3.17. The highest BCUT2D eigenvalue weighted by molar-refractivity contribution is 9.10. The summed E-state index contributed by atoms with van der Waals surface area (Å²) in [6, 6.07) is 9.23. The Balaban J connectivity index is 2.67. The molecule has 0 saturated heterocycles. The smallest absolute Gasteiger partial charge is 0.267 e. The summed E-state index contributed by atoms with van der Waals surface area (Å²) in [5.41, 5.74) is 0.519. The van der Waals surface area contributed by atoms with Gasteiger partial charge in [-0.2, -0.15) is 0 Å². The fourth-order valence-electron chi connectivity index (χ4n) is 1.19. The maximum atomic E-state index is 11.4. The molecule has 0 amide bonds. The van der Waals surface area contributed by atoms with Gasteiger partial charge in [0.1, 0.15) is 0 Å². The fourth-order valence-corrected chi connectivity index (χ4v) is 1.66. The summed E-state index contributed by atoms with van der Waals surface area (Å²) in [6.45, 7) is 0. The lowest BCUT2D eigenvalue weighted by Gasteiger charge is -2.05. The van der Waals surface area contributed by atoms with Gasteiger partial charge in [0.25, 0.3) is 0 Å². The monoisotopic (exact) mass is 250 g/mol. The van der Waals surface area contributed by atoms with Gasteiger partial charge in [-0.05, 0) is 34.1 Å². The van der Waals surface area contributed by atoms with E-state index in [0.717, 1.165) is 10.2 Å². The Kier molecular flexibility index (Phi) is 2.45. The Bertz CT molecular complexity index is 507. The topological polar surface area (TPSA) is 34.9 Å². The molecule has 2 rings (SSSR count). The van der Waals surface area contributed by atoms with Gasteiger partial charge >= 0.3 is 5.69 Å². The zero-order chi connectivity index (χ0) is 9.97. The minimum absolute atomic E-state index is 0.278. The maximum absolute atomic E-state index is 11.4. The lowest BCUT2D eigenvalue weighted by Crippen LogP contribution is -2.19. The molecule has 3 nitrogen and oxygen atoms in total. The molecular weight excluding hydrogens is 244 g/mol. The molecule has 0 aliphatic heterocycles.